The average molecular weight is 215 g/mol. The molecule has 0 aliphatic heterocycles. The molecule has 0 heterocycles. The Labute approximate surface area is 86.2 Å². The van der Waals surface area contributed by atoms with Crippen LogP contribution in [0.1, 0.15) is 11.5 Å². The standard InChI is InChI=1S/C11H10F3O/c1-3-7(2)8-5-4-6-9(10(8)12)15-11(13)14/h3-7,11H,1-2H2. The van der Waals surface area contributed by atoms with E-state index < -0.39 is 24.1 Å². The van der Waals surface area contributed by atoms with Crippen LogP contribution in [0.3, 0.4) is 0 Å². The van der Waals surface area contributed by atoms with Gasteiger partial charge < -0.3 is 4.74 Å². The van der Waals surface area contributed by atoms with E-state index in [0.29, 0.717) is 0 Å². The summed E-state index contributed by atoms with van der Waals surface area (Å²) in [6.07, 6.45) is 1.42. The molecule has 81 valence electrons. The summed E-state index contributed by atoms with van der Waals surface area (Å²) in [5, 5.41) is 0. The molecule has 0 saturated carbocycles. The Morgan fingerprint density at radius 3 is 2.53 bits per heavy atom. The first kappa shape index (κ1) is 11.6. The van der Waals surface area contributed by atoms with E-state index in [1.54, 1.807) is 0 Å². The van der Waals surface area contributed by atoms with Gasteiger partial charge in [-0.2, -0.15) is 8.78 Å². The van der Waals surface area contributed by atoms with Gasteiger partial charge in [-0.05, 0) is 18.6 Å². The normalized spacial score (nSPS) is 12.6. The lowest BCUT2D eigenvalue weighted by Crippen LogP contribution is -2.05. The largest absolute Gasteiger partial charge is 0.432 e. The minimum atomic E-state index is -3.04. The molecule has 1 radical (unpaired) electrons. The Balaban J connectivity index is 3.05. The van der Waals surface area contributed by atoms with Gasteiger partial charge in [-0.15, -0.1) is 6.58 Å². The topological polar surface area (TPSA) is 9.23 Å². The lowest BCUT2D eigenvalue weighted by molar-refractivity contribution is -0.0522. The van der Waals surface area contributed by atoms with Crippen molar-refractivity contribution in [3.63, 3.8) is 0 Å². The number of rotatable bonds is 4. The predicted molar refractivity (Wildman–Crippen MR) is 51.3 cm³/mol. The molecule has 1 nitrogen and oxygen atoms in total. The Kier molecular flexibility index (Phi) is 3.77. The smallest absolute Gasteiger partial charge is 0.387 e. The highest BCUT2D eigenvalue weighted by atomic mass is 19.3. The molecule has 0 fully saturated rings. The minimum absolute atomic E-state index is 0.183. The van der Waals surface area contributed by atoms with Crippen LogP contribution in [-0.4, -0.2) is 6.61 Å². The number of halogens is 3. The molecule has 0 N–H and O–H groups in total. The van der Waals surface area contributed by atoms with Crippen molar-refractivity contribution >= 4 is 0 Å². The highest BCUT2D eigenvalue weighted by Gasteiger charge is 2.15. The van der Waals surface area contributed by atoms with Crippen LogP contribution in [-0.2, 0) is 0 Å². The summed E-state index contributed by atoms with van der Waals surface area (Å²) in [7, 11) is 0. The number of ether oxygens (including phenoxy) is 1. The molecule has 1 aromatic carbocycles. The zero-order valence-electron chi connectivity index (χ0n) is 7.92. The van der Waals surface area contributed by atoms with Crippen LogP contribution in [0.15, 0.2) is 30.9 Å². The molecule has 0 amide bonds. The van der Waals surface area contributed by atoms with Crippen LogP contribution in [0.4, 0.5) is 13.2 Å². The van der Waals surface area contributed by atoms with Gasteiger partial charge in [0, 0.05) is 5.92 Å². The van der Waals surface area contributed by atoms with E-state index in [1.165, 1.54) is 18.2 Å². The van der Waals surface area contributed by atoms with Crippen molar-refractivity contribution in [1.29, 1.82) is 0 Å². The first-order valence-electron chi connectivity index (χ1n) is 4.25. The van der Waals surface area contributed by atoms with Gasteiger partial charge in [0.05, 0.1) is 0 Å². The van der Waals surface area contributed by atoms with E-state index in [-0.39, 0.29) is 5.56 Å². The van der Waals surface area contributed by atoms with Crippen molar-refractivity contribution in [2.75, 3.05) is 0 Å². The monoisotopic (exact) mass is 215 g/mol. The zero-order valence-corrected chi connectivity index (χ0v) is 7.92. The molecule has 0 spiro atoms. The molecule has 1 atom stereocenters. The quantitative estimate of drug-likeness (QED) is 0.698. The molecule has 1 unspecified atom stereocenters. The van der Waals surface area contributed by atoms with Gasteiger partial charge in [0.25, 0.3) is 0 Å². The van der Waals surface area contributed by atoms with E-state index in [0.717, 1.165) is 6.07 Å². The van der Waals surface area contributed by atoms with Crippen molar-refractivity contribution in [2.24, 2.45) is 0 Å². The van der Waals surface area contributed by atoms with Crippen LogP contribution >= 0.6 is 0 Å². The maximum absolute atomic E-state index is 13.5. The number of benzene rings is 1. The van der Waals surface area contributed by atoms with Crippen LogP contribution < -0.4 is 4.74 Å². The summed E-state index contributed by atoms with van der Waals surface area (Å²) in [6, 6.07) is 4.02. The van der Waals surface area contributed by atoms with Crippen molar-refractivity contribution in [3.8, 4) is 5.75 Å². The Morgan fingerprint density at radius 2 is 2.00 bits per heavy atom. The Bertz CT molecular complexity index is 350. The lowest BCUT2D eigenvalue weighted by Gasteiger charge is -2.11. The van der Waals surface area contributed by atoms with Crippen molar-refractivity contribution < 1.29 is 17.9 Å². The average Bonchev–Trinajstić information content (AvgIpc) is 2.19. The summed E-state index contributed by atoms with van der Waals surface area (Å²) in [4.78, 5) is 0. The number of hydrogen-bond donors (Lipinski definition) is 0. The summed E-state index contributed by atoms with van der Waals surface area (Å²) in [5.41, 5.74) is 0.183. The molecule has 0 aromatic heterocycles. The summed E-state index contributed by atoms with van der Waals surface area (Å²) >= 11 is 0. The van der Waals surface area contributed by atoms with Gasteiger partial charge in [0.15, 0.2) is 11.6 Å². The highest BCUT2D eigenvalue weighted by molar-refractivity contribution is 5.35. The highest BCUT2D eigenvalue weighted by Crippen LogP contribution is 2.27. The van der Waals surface area contributed by atoms with E-state index in [1.807, 2.05) is 0 Å². The van der Waals surface area contributed by atoms with Gasteiger partial charge in [0.2, 0.25) is 0 Å². The fourth-order valence-electron chi connectivity index (χ4n) is 1.13. The fraction of sp³-hybridized carbons (Fsp3) is 0.182. The van der Waals surface area contributed by atoms with E-state index >= 15 is 0 Å². The summed E-state index contributed by atoms with van der Waals surface area (Å²) in [5.74, 6) is -1.79. The third-order valence-electron chi connectivity index (χ3n) is 1.89. The first-order valence-corrected chi connectivity index (χ1v) is 4.25. The van der Waals surface area contributed by atoms with Gasteiger partial charge in [0.1, 0.15) is 0 Å². The summed E-state index contributed by atoms with van der Waals surface area (Å²) in [6.45, 7) is 4.02. The zero-order chi connectivity index (χ0) is 11.4. The first-order chi connectivity index (χ1) is 7.06. The second kappa shape index (κ2) is 4.87. The molecule has 0 saturated heterocycles. The van der Waals surface area contributed by atoms with E-state index in [9.17, 15) is 13.2 Å². The third kappa shape index (κ3) is 2.75. The Morgan fingerprint density at radius 1 is 1.33 bits per heavy atom. The number of allylic oxidation sites excluding steroid dienone is 1. The van der Waals surface area contributed by atoms with Crippen molar-refractivity contribution in [2.45, 2.75) is 12.5 Å². The molecule has 0 aliphatic rings. The lowest BCUT2D eigenvalue weighted by atomic mass is 10.0. The third-order valence-corrected chi connectivity index (χ3v) is 1.89. The van der Waals surface area contributed by atoms with E-state index in [4.69, 9.17) is 0 Å². The predicted octanol–water partition coefficient (Wildman–Crippen LogP) is 3.53. The molecule has 0 aliphatic carbocycles. The summed E-state index contributed by atoms with van der Waals surface area (Å²) < 4.78 is 41.3. The van der Waals surface area contributed by atoms with Gasteiger partial charge in [-0.1, -0.05) is 18.2 Å². The van der Waals surface area contributed by atoms with Crippen LogP contribution in [0.2, 0.25) is 0 Å². The molecule has 0 bridgehead atoms. The van der Waals surface area contributed by atoms with E-state index in [2.05, 4.69) is 18.2 Å². The van der Waals surface area contributed by atoms with Crippen LogP contribution in [0.5, 0.6) is 5.75 Å². The minimum Gasteiger partial charge on any atom is -0.432 e. The number of hydrogen-bond acceptors (Lipinski definition) is 1. The maximum Gasteiger partial charge on any atom is 0.387 e. The second-order valence-electron chi connectivity index (χ2n) is 2.88. The molecule has 15 heavy (non-hydrogen) atoms. The number of alkyl halides is 2. The second-order valence-corrected chi connectivity index (χ2v) is 2.88. The van der Waals surface area contributed by atoms with Gasteiger partial charge in [-0.3, -0.25) is 0 Å². The maximum atomic E-state index is 13.5. The molecule has 1 aromatic rings. The van der Waals surface area contributed by atoms with Crippen LogP contribution in [0.25, 0.3) is 0 Å². The van der Waals surface area contributed by atoms with Gasteiger partial charge in [-0.25, -0.2) is 4.39 Å². The molecule has 4 heteroatoms. The molecule has 1 rings (SSSR count). The SMILES string of the molecule is [CH2]C(C=C)c1cccc(OC(F)F)c1F. The van der Waals surface area contributed by atoms with Gasteiger partial charge >= 0.3 is 6.61 Å². The Hall–Kier alpha value is -1.45. The molecular formula is C11H10F3O. The molecular weight excluding hydrogens is 205 g/mol. The van der Waals surface area contributed by atoms with Crippen molar-refractivity contribution in [3.05, 3.63) is 49.2 Å². The van der Waals surface area contributed by atoms with Crippen molar-refractivity contribution in [1.82, 2.24) is 0 Å². The fourth-order valence-corrected chi connectivity index (χ4v) is 1.13. The van der Waals surface area contributed by atoms with Crippen LogP contribution in [0, 0.1) is 12.7 Å².